The Bertz CT molecular complexity index is 606. The molecule has 1 aromatic carbocycles. The third kappa shape index (κ3) is 5.39. The number of aromatic amines is 1. The Balaban J connectivity index is 1.71. The fourth-order valence-electron chi connectivity index (χ4n) is 2.78. The Kier molecular flexibility index (Phi) is 7.14. The Morgan fingerprint density at radius 2 is 1.91 bits per heavy atom. The van der Waals surface area contributed by atoms with Gasteiger partial charge in [0.2, 0.25) is 0 Å². The number of carbonyl (C=O) groups is 1. The summed E-state index contributed by atoms with van der Waals surface area (Å²) < 4.78 is 5.30. The van der Waals surface area contributed by atoms with Crippen LogP contribution in [0.15, 0.2) is 30.5 Å². The summed E-state index contributed by atoms with van der Waals surface area (Å²) in [5.41, 5.74) is 8.12. The van der Waals surface area contributed by atoms with Crippen molar-refractivity contribution in [1.82, 2.24) is 4.98 Å². The third-order valence-corrected chi connectivity index (χ3v) is 4.16. The van der Waals surface area contributed by atoms with Gasteiger partial charge in [0.15, 0.2) is 0 Å². The van der Waals surface area contributed by atoms with Crippen molar-refractivity contribution >= 4 is 16.9 Å². The van der Waals surface area contributed by atoms with Gasteiger partial charge in [-0.05, 0) is 18.1 Å². The van der Waals surface area contributed by atoms with Crippen LogP contribution in [0.25, 0.3) is 10.9 Å². The summed E-state index contributed by atoms with van der Waals surface area (Å²) >= 11 is 0. The molecule has 0 aliphatic carbocycles. The van der Waals surface area contributed by atoms with Gasteiger partial charge in [-0.2, -0.15) is 0 Å². The van der Waals surface area contributed by atoms with Crippen LogP contribution in [-0.2, 0) is 16.0 Å². The van der Waals surface area contributed by atoms with Crippen molar-refractivity contribution in [1.29, 1.82) is 0 Å². The fourth-order valence-corrected chi connectivity index (χ4v) is 2.78. The minimum absolute atomic E-state index is 0.302. The number of carbonyl (C=O) groups excluding carboxylic acids is 1. The number of nitrogens with one attached hydrogen (secondary N) is 1. The van der Waals surface area contributed by atoms with E-state index in [-0.39, 0.29) is 5.97 Å². The Labute approximate surface area is 138 Å². The van der Waals surface area contributed by atoms with Gasteiger partial charge >= 0.3 is 5.97 Å². The van der Waals surface area contributed by atoms with Gasteiger partial charge in [-0.15, -0.1) is 0 Å². The number of benzene rings is 1. The Hall–Kier alpha value is -1.81. The second-order valence-corrected chi connectivity index (χ2v) is 6.11. The number of H-pyrrole nitrogens is 1. The van der Waals surface area contributed by atoms with Crippen LogP contribution in [-0.4, -0.2) is 23.6 Å². The summed E-state index contributed by atoms with van der Waals surface area (Å²) in [5, 5.41) is 1.12. The lowest BCUT2D eigenvalue weighted by Crippen LogP contribution is -2.34. The minimum Gasteiger partial charge on any atom is -0.465 e. The number of ether oxygens (including phenoxy) is 1. The van der Waals surface area contributed by atoms with Crippen molar-refractivity contribution in [3.05, 3.63) is 36.0 Å². The van der Waals surface area contributed by atoms with Crippen LogP contribution in [0.3, 0.4) is 0 Å². The molecule has 3 N–H and O–H groups in total. The van der Waals surface area contributed by atoms with E-state index in [0.29, 0.717) is 13.0 Å². The summed E-state index contributed by atoms with van der Waals surface area (Å²) in [6.45, 7) is 2.68. The normalized spacial score (nSPS) is 12.4. The molecule has 2 aromatic rings. The van der Waals surface area contributed by atoms with E-state index in [9.17, 15) is 4.79 Å². The number of hydrogen-bond donors (Lipinski definition) is 2. The molecule has 0 unspecified atom stereocenters. The van der Waals surface area contributed by atoms with Crippen molar-refractivity contribution in [3.63, 3.8) is 0 Å². The van der Waals surface area contributed by atoms with Crippen LogP contribution in [0, 0.1) is 0 Å². The number of fused-ring (bicyclic) bond motifs is 1. The zero-order chi connectivity index (χ0) is 16.5. The average Bonchev–Trinajstić information content (AvgIpc) is 2.97. The lowest BCUT2D eigenvalue weighted by atomic mass is 10.1. The first-order valence-electron chi connectivity index (χ1n) is 8.69. The lowest BCUT2D eigenvalue weighted by Gasteiger charge is -2.11. The van der Waals surface area contributed by atoms with Crippen LogP contribution in [0.5, 0.6) is 0 Å². The predicted molar refractivity (Wildman–Crippen MR) is 94.3 cm³/mol. The van der Waals surface area contributed by atoms with Crippen molar-refractivity contribution in [2.24, 2.45) is 5.73 Å². The van der Waals surface area contributed by atoms with E-state index < -0.39 is 6.04 Å². The van der Waals surface area contributed by atoms with Gasteiger partial charge in [0.1, 0.15) is 6.04 Å². The summed E-state index contributed by atoms with van der Waals surface area (Å²) in [6.07, 6.45) is 9.48. The molecule has 4 heteroatoms. The third-order valence-electron chi connectivity index (χ3n) is 4.16. The summed E-state index contributed by atoms with van der Waals surface area (Å²) in [5.74, 6) is -0.302. The van der Waals surface area contributed by atoms with Crippen LogP contribution in [0.4, 0.5) is 0 Å². The highest BCUT2D eigenvalue weighted by Crippen LogP contribution is 2.19. The van der Waals surface area contributed by atoms with Gasteiger partial charge in [-0.25, -0.2) is 0 Å². The van der Waals surface area contributed by atoms with Gasteiger partial charge in [0.05, 0.1) is 6.61 Å². The SMILES string of the molecule is CCCCCCCCOC(=O)[C@H](N)Cc1c[nH]c2ccccc12. The van der Waals surface area contributed by atoms with Crippen molar-refractivity contribution in [2.45, 2.75) is 57.9 Å². The molecule has 0 spiro atoms. The number of rotatable bonds is 10. The van der Waals surface area contributed by atoms with E-state index in [1.807, 2.05) is 30.5 Å². The lowest BCUT2D eigenvalue weighted by molar-refractivity contribution is -0.145. The zero-order valence-corrected chi connectivity index (χ0v) is 14.0. The van der Waals surface area contributed by atoms with Gasteiger partial charge < -0.3 is 15.5 Å². The Morgan fingerprint density at radius 1 is 1.17 bits per heavy atom. The molecule has 1 atom stereocenters. The van der Waals surface area contributed by atoms with E-state index >= 15 is 0 Å². The average molecular weight is 316 g/mol. The number of hydrogen-bond acceptors (Lipinski definition) is 3. The van der Waals surface area contributed by atoms with E-state index in [2.05, 4.69) is 11.9 Å². The standard InChI is InChI=1S/C19H28N2O2/c1-2-3-4-5-6-9-12-23-19(22)17(20)13-15-14-21-18-11-8-7-10-16(15)18/h7-8,10-11,14,17,21H,2-6,9,12-13,20H2,1H3/t17-/m1/s1. The van der Waals surface area contributed by atoms with Crippen molar-refractivity contribution in [3.8, 4) is 0 Å². The highest BCUT2D eigenvalue weighted by atomic mass is 16.5. The molecule has 0 bridgehead atoms. The topological polar surface area (TPSA) is 68.1 Å². The quantitative estimate of drug-likeness (QED) is 0.515. The van der Waals surface area contributed by atoms with Crippen molar-refractivity contribution < 1.29 is 9.53 Å². The number of aromatic nitrogens is 1. The maximum Gasteiger partial charge on any atom is 0.323 e. The molecule has 0 aliphatic heterocycles. The summed E-state index contributed by atoms with van der Waals surface area (Å²) in [4.78, 5) is 15.2. The van der Waals surface area contributed by atoms with Gasteiger partial charge in [-0.1, -0.05) is 57.2 Å². The molecule has 4 nitrogen and oxygen atoms in total. The van der Waals surface area contributed by atoms with Crippen LogP contribution in [0.2, 0.25) is 0 Å². The first-order chi connectivity index (χ1) is 11.2. The van der Waals surface area contributed by atoms with E-state index in [0.717, 1.165) is 29.3 Å². The molecule has 0 amide bonds. The highest BCUT2D eigenvalue weighted by Gasteiger charge is 2.17. The molecule has 1 aromatic heterocycles. The molecular weight excluding hydrogens is 288 g/mol. The number of unbranched alkanes of at least 4 members (excludes halogenated alkanes) is 5. The largest absolute Gasteiger partial charge is 0.465 e. The molecule has 2 rings (SSSR count). The smallest absolute Gasteiger partial charge is 0.323 e. The van der Waals surface area contributed by atoms with E-state index in [4.69, 9.17) is 10.5 Å². The van der Waals surface area contributed by atoms with Crippen LogP contribution < -0.4 is 5.73 Å². The summed E-state index contributed by atoms with van der Waals surface area (Å²) in [7, 11) is 0. The van der Waals surface area contributed by atoms with Crippen molar-refractivity contribution in [2.75, 3.05) is 6.61 Å². The van der Waals surface area contributed by atoms with Gasteiger partial charge in [0, 0.05) is 23.5 Å². The van der Waals surface area contributed by atoms with E-state index in [1.54, 1.807) is 0 Å². The zero-order valence-electron chi connectivity index (χ0n) is 14.0. The summed E-state index contributed by atoms with van der Waals surface area (Å²) in [6, 6.07) is 7.42. The molecule has 0 saturated carbocycles. The van der Waals surface area contributed by atoms with Gasteiger partial charge in [-0.3, -0.25) is 4.79 Å². The monoisotopic (exact) mass is 316 g/mol. The maximum atomic E-state index is 12.0. The molecule has 0 radical (unpaired) electrons. The van der Waals surface area contributed by atoms with Gasteiger partial charge in [0.25, 0.3) is 0 Å². The molecular formula is C19H28N2O2. The first-order valence-corrected chi connectivity index (χ1v) is 8.69. The van der Waals surface area contributed by atoms with E-state index in [1.165, 1.54) is 25.7 Å². The molecule has 0 fully saturated rings. The molecule has 126 valence electrons. The second-order valence-electron chi connectivity index (χ2n) is 6.11. The minimum atomic E-state index is -0.603. The predicted octanol–water partition coefficient (Wildman–Crippen LogP) is 3.94. The Morgan fingerprint density at radius 3 is 2.74 bits per heavy atom. The van der Waals surface area contributed by atoms with Crippen LogP contribution in [0.1, 0.15) is 51.0 Å². The first kappa shape index (κ1) is 17.5. The molecule has 0 aliphatic rings. The highest BCUT2D eigenvalue weighted by molar-refractivity contribution is 5.84. The number of esters is 1. The molecule has 23 heavy (non-hydrogen) atoms. The number of nitrogens with two attached hydrogens (primary N) is 1. The maximum absolute atomic E-state index is 12.0. The fraction of sp³-hybridized carbons (Fsp3) is 0.526. The second kappa shape index (κ2) is 9.36. The molecule has 0 saturated heterocycles. The van der Waals surface area contributed by atoms with Crippen LogP contribution >= 0.6 is 0 Å². The number of para-hydroxylation sites is 1. The molecule has 1 heterocycles.